The molecule has 1 heterocycles. The summed E-state index contributed by atoms with van der Waals surface area (Å²) >= 11 is 0. The molecule has 0 fully saturated rings. The third kappa shape index (κ3) is 5.38. The highest BCUT2D eigenvalue weighted by atomic mass is 16.2. The number of hydrogen-bond donors (Lipinski definition) is 2. The topological polar surface area (TPSA) is 71.8 Å². The summed E-state index contributed by atoms with van der Waals surface area (Å²) in [5, 5.41) is 14.0. The van der Waals surface area contributed by atoms with E-state index in [2.05, 4.69) is 27.8 Å². The Bertz CT molecular complexity index is 390. The lowest BCUT2D eigenvalue weighted by molar-refractivity contribution is -0.123. The molecular formula is C13H25N5O. The van der Waals surface area contributed by atoms with E-state index >= 15 is 0 Å². The number of carbonyl (C=O) groups excluding carboxylic acids is 1. The second-order valence-electron chi connectivity index (χ2n) is 4.98. The number of aryl methyl sites for hydroxylation is 1. The second-order valence-corrected chi connectivity index (χ2v) is 4.98. The highest BCUT2D eigenvalue weighted by Crippen LogP contribution is 1.96. The largest absolute Gasteiger partial charge is 0.352 e. The van der Waals surface area contributed by atoms with Gasteiger partial charge < -0.3 is 15.2 Å². The van der Waals surface area contributed by atoms with Gasteiger partial charge in [0, 0.05) is 26.1 Å². The molecule has 1 rings (SSSR count). The molecule has 0 aromatic carbocycles. The van der Waals surface area contributed by atoms with Crippen molar-refractivity contribution in [3.63, 3.8) is 0 Å². The normalized spacial score (nSPS) is 14.1. The van der Waals surface area contributed by atoms with E-state index in [0.717, 1.165) is 25.1 Å². The van der Waals surface area contributed by atoms with Crippen LogP contribution in [-0.2, 0) is 18.3 Å². The highest BCUT2D eigenvalue weighted by Gasteiger charge is 2.14. The molecule has 0 spiro atoms. The lowest BCUT2D eigenvalue weighted by atomic mass is 10.2. The highest BCUT2D eigenvalue weighted by molar-refractivity contribution is 5.81. The van der Waals surface area contributed by atoms with Crippen LogP contribution in [0.5, 0.6) is 0 Å². The first-order chi connectivity index (χ1) is 9.04. The summed E-state index contributed by atoms with van der Waals surface area (Å²) in [4.78, 5) is 11.9. The number of rotatable bonds is 8. The predicted molar refractivity (Wildman–Crippen MR) is 74.7 cm³/mol. The van der Waals surface area contributed by atoms with Crippen LogP contribution in [0.25, 0.3) is 0 Å². The van der Waals surface area contributed by atoms with Gasteiger partial charge in [-0.25, -0.2) is 0 Å². The molecule has 0 aliphatic heterocycles. The third-order valence-electron chi connectivity index (χ3n) is 3.11. The average Bonchev–Trinajstić information content (AvgIpc) is 2.75. The molecule has 2 atom stereocenters. The van der Waals surface area contributed by atoms with E-state index in [9.17, 15) is 4.79 Å². The van der Waals surface area contributed by atoms with Crippen molar-refractivity contribution < 1.29 is 4.79 Å². The van der Waals surface area contributed by atoms with E-state index in [1.165, 1.54) is 0 Å². The van der Waals surface area contributed by atoms with E-state index in [4.69, 9.17) is 0 Å². The average molecular weight is 267 g/mol. The summed E-state index contributed by atoms with van der Waals surface area (Å²) in [6.45, 7) is 6.74. The molecule has 0 bridgehead atoms. The lowest BCUT2D eigenvalue weighted by Gasteiger charge is -2.18. The van der Waals surface area contributed by atoms with E-state index in [-0.39, 0.29) is 18.0 Å². The summed E-state index contributed by atoms with van der Waals surface area (Å²) in [6.07, 6.45) is 4.53. The summed E-state index contributed by atoms with van der Waals surface area (Å²) in [7, 11) is 1.91. The van der Waals surface area contributed by atoms with Crippen LogP contribution < -0.4 is 10.6 Å². The van der Waals surface area contributed by atoms with Crippen molar-refractivity contribution in [2.75, 3.05) is 6.54 Å². The molecule has 0 aliphatic carbocycles. The number of nitrogens with one attached hydrogen (secondary N) is 2. The van der Waals surface area contributed by atoms with Gasteiger partial charge >= 0.3 is 0 Å². The Morgan fingerprint density at radius 3 is 2.79 bits per heavy atom. The molecule has 2 N–H and O–H groups in total. The molecule has 0 saturated heterocycles. The number of amides is 1. The Labute approximate surface area is 115 Å². The first-order valence-electron chi connectivity index (χ1n) is 6.91. The second kappa shape index (κ2) is 7.89. The molecule has 0 radical (unpaired) electrons. The van der Waals surface area contributed by atoms with Crippen LogP contribution in [0.2, 0.25) is 0 Å². The SMILES string of the molecule is CCCC(C)NC(=O)C(C)NCCc1nncn1C. The van der Waals surface area contributed by atoms with E-state index in [1.54, 1.807) is 6.33 Å². The molecule has 1 aromatic rings. The Hall–Kier alpha value is -1.43. The molecule has 19 heavy (non-hydrogen) atoms. The molecule has 0 aliphatic rings. The van der Waals surface area contributed by atoms with Gasteiger partial charge in [-0.1, -0.05) is 13.3 Å². The fraction of sp³-hybridized carbons (Fsp3) is 0.769. The van der Waals surface area contributed by atoms with Gasteiger partial charge in [0.05, 0.1) is 6.04 Å². The minimum Gasteiger partial charge on any atom is -0.352 e. The molecular weight excluding hydrogens is 242 g/mol. The van der Waals surface area contributed by atoms with Gasteiger partial charge in [0.25, 0.3) is 0 Å². The fourth-order valence-electron chi connectivity index (χ4n) is 1.90. The van der Waals surface area contributed by atoms with Crippen LogP contribution in [0.4, 0.5) is 0 Å². The quantitative estimate of drug-likeness (QED) is 0.725. The van der Waals surface area contributed by atoms with Crippen molar-refractivity contribution in [3.8, 4) is 0 Å². The maximum absolute atomic E-state index is 11.9. The van der Waals surface area contributed by atoms with Crippen LogP contribution >= 0.6 is 0 Å². The zero-order valence-electron chi connectivity index (χ0n) is 12.3. The molecule has 2 unspecified atom stereocenters. The van der Waals surface area contributed by atoms with Gasteiger partial charge in [0.2, 0.25) is 5.91 Å². The van der Waals surface area contributed by atoms with E-state index < -0.39 is 0 Å². The predicted octanol–water partition coefficient (Wildman–Crippen LogP) is 0.641. The molecule has 6 heteroatoms. The minimum absolute atomic E-state index is 0.0546. The van der Waals surface area contributed by atoms with E-state index in [0.29, 0.717) is 6.54 Å². The van der Waals surface area contributed by atoms with E-state index in [1.807, 2.05) is 25.5 Å². The van der Waals surface area contributed by atoms with Crippen molar-refractivity contribution in [3.05, 3.63) is 12.2 Å². The van der Waals surface area contributed by atoms with Crippen molar-refractivity contribution in [1.82, 2.24) is 25.4 Å². The van der Waals surface area contributed by atoms with Crippen LogP contribution in [0.3, 0.4) is 0 Å². The number of aromatic nitrogens is 3. The summed E-state index contributed by atoms with van der Waals surface area (Å²) in [6, 6.07) is 0.0491. The van der Waals surface area contributed by atoms with Crippen molar-refractivity contribution >= 4 is 5.91 Å². The maximum Gasteiger partial charge on any atom is 0.237 e. The Morgan fingerprint density at radius 1 is 1.47 bits per heavy atom. The number of carbonyl (C=O) groups is 1. The van der Waals surface area contributed by atoms with Crippen LogP contribution in [0, 0.1) is 0 Å². The van der Waals surface area contributed by atoms with Gasteiger partial charge in [0.1, 0.15) is 12.2 Å². The Morgan fingerprint density at radius 2 is 2.21 bits per heavy atom. The Balaban J connectivity index is 2.25. The zero-order valence-corrected chi connectivity index (χ0v) is 12.3. The number of nitrogens with zero attached hydrogens (tertiary/aromatic N) is 3. The molecule has 6 nitrogen and oxygen atoms in total. The van der Waals surface area contributed by atoms with Gasteiger partial charge in [-0.05, 0) is 20.3 Å². The van der Waals surface area contributed by atoms with Gasteiger partial charge in [0.15, 0.2) is 0 Å². The van der Waals surface area contributed by atoms with Crippen molar-refractivity contribution in [1.29, 1.82) is 0 Å². The maximum atomic E-state index is 11.9. The van der Waals surface area contributed by atoms with Gasteiger partial charge in [-0.2, -0.15) is 0 Å². The molecule has 0 saturated carbocycles. The van der Waals surface area contributed by atoms with Crippen LogP contribution in [0.15, 0.2) is 6.33 Å². The summed E-state index contributed by atoms with van der Waals surface area (Å²) < 4.78 is 1.88. The molecule has 1 amide bonds. The lowest BCUT2D eigenvalue weighted by Crippen LogP contribution is -2.46. The third-order valence-corrected chi connectivity index (χ3v) is 3.11. The summed E-state index contributed by atoms with van der Waals surface area (Å²) in [5.74, 6) is 0.971. The first kappa shape index (κ1) is 15.6. The fourth-order valence-corrected chi connectivity index (χ4v) is 1.90. The van der Waals surface area contributed by atoms with Crippen LogP contribution in [0.1, 0.15) is 39.4 Å². The number of hydrogen-bond acceptors (Lipinski definition) is 4. The molecule has 1 aromatic heterocycles. The zero-order chi connectivity index (χ0) is 14.3. The standard InChI is InChI=1S/C13H25N5O/c1-5-6-10(2)16-13(19)11(3)14-8-7-12-17-15-9-18(12)4/h9-11,14H,5-8H2,1-4H3,(H,16,19). The van der Waals surface area contributed by atoms with Crippen molar-refractivity contribution in [2.45, 2.75) is 52.1 Å². The van der Waals surface area contributed by atoms with Crippen molar-refractivity contribution in [2.24, 2.45) is 7.05 Å². The summed E-state index contributed by atoms with van der Waals surface area (Å²) in [5.41, 5.74) is 0. The van der Waals surface area contributed by atoms with Gasteiger partial charge in [-0.15, -0.1) is 10.2 Å². The minimum atomic E-state index is -0.187. The van der Waals surface area contributed by atoms with Crippen LogP contribution in [-0.4, -0.2) is 39.3 Å². The monoisotopic (exact) mass is 267 g/mol. The first-order valence-corrected chi connectivity index (χ1v) is 6.91. The molecule has 108 valence electrons. The Kier molecular flexibility index (Phi) is 6.49. The van der Waals surface area contributed by atoms with Gasteiger partial charge in [-0.3, -0.25) is 4.79 Å². The smallest absolute Gasteiger partial charge is 0.237 e.